The summed E-state index contributed by atoms with van der Waals surface area (Å²) in [6.07, 6.45) is 0. The van der Waals surface area contributed by atoms with Crippen LogP contribution in [0.2, 0.25) is 0 Å². The molecule has 0 N–H and O–H groups in total. The van der Waals surface area contributed by atoms with Gasteiger partial charge in [0.15, 0.2) is 0 Å². The van der Waals surface area contributed by atoms with Gasteiger partial charge in [-0.3, -0.25) is 14.2 Å². The fraction of sp³-hybridized carbons (Fsp3) is 0.176. The van der Waals surface area contributed by atoms with Crippen LogP contribution in [0.25, 0.3) is 10.2 Å². The predicted molar refractivity (Wildman–Crippen MR) is 88.9 cm³/mol. The van der Waals surface area contributed by atoms with Crippen LogP contribution in [-0.2, 0) is 22.7 Å². The minimum atomic E-state index is -0.446. The summed E-state index contributed by atoms with van der Waals surface area (Å²) >= 11 is 1.12. The van der Waals surface area contributed by atoms with E-state index in [0.717, 1.165) is 27.1 Å². The number of hydrogen-bond donors (Lipinski definition) is 0. The zero-order valence-electron chi connectivity index (χ0n) is 12.5. The number of nitrogens with zero attached hydrogens (tertiary/aromatic N) is 1. The molecule has 118 valence electrons. The summed E-state index contributed by atoms with van der Waals surface area (Å²) in [5.74, 6) is 0.261. The largest absolute Gasteiger partial charge is 0.497 e. The number of ether oxygens (including phenoxy) is 2. The fourth-order valence-electron chi connectivity index (χ4n) is 2.26. The van der Waals surface area contributed by atoms with Gasteiger partial charge in [-0.15, -0.1) is 0 Å². The Bertz CT molecular complexity index is 897. The first-order valence-corrected chi connectivity index (χ1v) is 7.86. The van der Waals surface area contributed by atoms with Crippen molar-refractivity contribution in [1.82, 2.24) is 4.57 Å². The maximum atomic E-state index is 12.0. The third-order valence-electron chi connectivity index (χ3n) is 3.39. The van der Waals surface area contributed by atoms with Crippen molar-refractivity contribution in [2.24, 2.45) is 0 Å². The third-order valence-corrected chi connectivity index (χ3v) is 4.36. The summed E-state index contributed by atoms with van der Waals surface area (Å²) in [6, 6.07) is 14.7. The van der Waals surface area contributed by atoms with Crippen molar-refractivity contribution in [3.05, 3.63) is 63.8 Å². The summed E-state index contributed by atoms with van der Waals surface area (Å²) in [4.78, 5) is 23.9. The second-order valence-corrected chi connectivity index (χ2v) is 5.93. The van der Waals surface area contributed by atoms with Gasteiger partial charge < -0.3 is 9.47 Å². The van der Waals surface area contributed by atoms with Crippen molar-refractivity contribution < 1.29 is 14.3 Å². The van der Waals surface area contributed by atoms with Gasteiger partial charge >= 0.3 is 10.8 Å². The molecule has 6 heteroatoms. The lowest BCUT2D eigenvalue weighted by molar-refractivity contribution is -0.145. The molecule has 0 atom stereocenters. The summed E-state index contributed by atoms with van der Waals surface area (Å²) in [5.41, 5.74) is 1.58. The second-order valence-electron chi connectivity index (χ2n) is 4.93. The first kappa shape index (κ1) is 15.3. The molecule has 1 aromatic heterocycles. The van der Waals surface area contributed by atoms with Gasteiger partial charge in [0.05, 0.1) is 17.3 Å². The van der Waals surface area contributed by atoms with Crippen LogP contribution in [0.1, 0.15) is 5.56 Å². The Morgan fingerprint density at radius 3 is 2.83 bits per heavy atom. The molecule has 5 nitrogen and oxygen atoms in total. The molecule has 0 amide bonds. The van der Waals surface area contributed by atoms with Crippen LogP contribution in [0, 0.1) is 0 Å². The minimum Gasteiger partial charge on any atom is -0.497 e. The Morgan fingerprint density at radius 2 is 2.00 bits per heavy atom. The summed E-state index contributed by atoms with van der Waals surface area (Å²) < 4.78 is 12.7. The highest BCUT2D eigenvalue weighted by Gasteiger charge is 2.12. The average molecular weight is 329 g/mol. The summed E-state index contributed by atoms with van der Waals surface area (Å²) in [7, 11) is 1.58. The van der Waals surface area contributed by atoms with E-state index in [9.17, 15) is 9.59 Å². The lowest BCUT2D eigenvalue weighted by atomic mass is 10.2. The highest BCUT2D eigenvalue weighted by Crippen LogP contribution is 2.17. The van der Waals surface area contributed by atoms with E-state index in [-0.39, 0.29) is 18.0 Å². The maximum absolute atomic E-state index is 12.0. The Hall–Kier alpha value is -2.60. The van der Waals surface area contributed by atoms with Gasteiger partial charge in [-0.25, -0.2) is 0 Å². The van der Waals surface area contributed by atoms with E-state index >= 15 is 0 Å². The van der Waals surface area contributed by atoms with Crippen LogP contribution < -0.4 is 9.61 Å². The van der Waals surface area contributed by atoms with Gasteiger partial charge in [-0.05, 0) is 29.8 Å². The monoisotopic (exact) mass is 329 g/mol. The van der Waals surface area contributed by atoms with Gasteiger partial charge in [0.25, 0.3) is 0 Å². The normalized spacial score (nSPS) is 10.7. The zero-order valence-corrected chi connectivity index (χ0v) is 13.3. The summed E-state index contributed by atoms with van der Waals surface area (Å²) in [5, 5.41) is 0. The second kappa shape index (κ2) is 6.66. The smallest absolute Gasteiger partial charge is 0.326 e. The van der Waals surface area contributed by atoms with Crippen molar-refractivity contribution in [1.29, 1.82) is 0 Å². The van der Waals surface area contributed by atoms with Gasteiger partial charge in [0.1, 0.15) is 18.9 Å². The Labute approximate surface area is 136 Å². The molecule has 0 fully saturated rings. The van der Waals surface area contributed by atoms with Gasteiger partial charge in [0.2, 0.25) is 0 Å². The number of fused-ring (bicyclic) bond motifs is 1. The number of esters is 1. The van der Waals surface area contributed by atoms with E-state index in [1.54, 1.807) is 13.2 Å². The van der Waals surface area contributed by atoms with Crippen molar-refractivity contribution >= 4 is 27.5 Å². The standard InChI is InChI=1S/C17H15NO4S/c1-21-13-6-4-5-12(9-13)11-22-16(19)10-18-14-7-2-3-8-15(14)23-17(18)20/h2-9H,10-11H2,1H3. The third kappa shape index (κ3) is 3.43. The predicted octanol–water partition coefficient (Wildman–Crippen LogP) is 2.82. The fourth-order valence-corrected chi connectivity index (χ4v) is 3.16. The molecule has 0 spiro atoms. The molecule has 3 aromatic rings. The van der Waals surface area contributed by atoms with Crippen LogP contribution in [-0.4, -0.2) is 17.6 Å². The minimum absolute atomic E-state index is 0.0905. The lowest BCUT2D eigenvalue weighted by Gasteiger charge is -2.07. The number of methoxy groups -OCH3 is 1. The number of carbonyl (C=O) groups excluding carboxylic acids is 1. The lowest BCUT2D eigenvalue weighted by Crippen LogP contribution is -2.20. The van der Waals surface area contributed by atoms with E-state index in [4.69, 9.17) is 9.47 Å². The van der Waals surface area contributed by atoms with E-state index in [1.807, 2.05) is 42.5 Å². The number of para-hydroxylation sites is 1. The quantitative estimate of drug-likeness (QED) is 0.676. The molecule has 3 rings (SSSR count). The van der Waals surface area contributed by atoms with Crippen molar-refractivity contribution in [3.63, 3.8) is 0 Å². The number of rotatable bonds is 5. The van der Waals surface area contributed by atoms with Crippen LogP contribution in [0.3, 0.4) is 0 Å². The summed E-state index contributed by atoms with van der Waals surface area (Å²) in [6.45, 7) is 0.0552. The number of benzene rings is 2. The first-order chi connectivity index (χ1) is 11.2. The molecule has 0 radical (unpaired) electrons. The molecule has 2 aromatic carbocycles. The molecule has 1 heterocycles. The number of thiazole rings is 1. The van der Waals surface area contributed by atoms with Crippen molar-refractivity contribution in [2.75, 3.05) is 7.11 Å². The molecule has 0 bridgehead atoms. The van der Waals surface area contributed by atoms with Crippen molar-refractivity contribution in [3.8, 4) is 5.75 Å². The van der Waals surface area contributed by atoms with Crippen LogP contribution in [0.15, 0.2) is 53.3 Å². The van der Waals surface area contributed by atoms with Gasteiger partial charge in [-0.1, -0.05) is 35.6 Å². The molecule has 0 aliphatic heterocycles. The van der Waals surface area contributed by atoms with E-state index < -0.39 is 5.97 Å². The molecular weight excluding hydrogens is 314 g/mol. The highest BCUT2D eigenvalue weighted by molar-refractivity contribution is 7.16. The van der Waals surface area contributed by atoms with E-state index in [0.29, 0.717) is 5.75 Å². The topological polar surface area (TPSA) is 57.5 Å². The molecule has 0 saturated carbocycles. The van der Waals surface area contributed by atoms with Crippen LogP contribution in [0.5, 0.6) is 5.75 Å². The number of hydrogen-bond acceptors (Lipinski definition) is 5. The van der Waals surface area contributed by atoms with E-state index in [2.05, 4.69) is 0 Å². The molecule has 0 unspecified atom stereocenters. The Balaban J connectivity index is 1.69. The number of carbonyl (C=O) groups is 1. The molecule has 23 heavy (non-hydrogen) atoms. The van der Waals surface area contributed by atoms with Crippen molar-refractivity contribution in [2.45, 2.75) is 13.2 Å². The van der Waals surface area contributed by atoms with Crippen LogP contribution in [0.4, 0.5) is 0 Å². The average Bonchev–Trinajstić information content (AvgIpc) is 2.89. The van der Waals surface area contributed by atoms with Gasteiger partial charge in [0, 0.05) is 0 Å². The van der Waals surface area contributed by atoms with Crippen LogP contribution >= 0.6 is 11.3 Å². The molecule has 0 saturated heterocycles. The maximum Gasteiger partial charge on any atom is 0.326 e. The highest BCUT2D eigenvalue weighted by atomic mass is 32.1. The van der Waals surface area contributed by atoms with E-state index in [1.165, 1.54) is 4.57 Å². The zero-order chi connectivity index (χ0) is 16.2. The Morgan fingerprint density at radius 1 is 1.17 bits per heavy atom. The Kier molecular flexibility index (Phi) is 4.43. The SMILES string of the molecule is COc1cccc(COC(=O)Cn2c(=O)sc3ccccc32)c1. The molecule has 0 aliphatic rings. The van der Waals surface area contributed by atoms with Gasteiger partial charge in [-0.2, -0.15) is 0 Å². The number of aromatic nitrogens is 1. The first-order valence-electron chi connectivity index (χ1n) is 7.04. The molecular formula is C17H15NO4S. The molecule has 0 aliphatic carbocycles.